The molecule has 2 N–H and O–H groups in total. The van der Waals surface area contributed by atoms with Gasteiger partial charge in [-0.1, -0.05) is 25.7 Å². The zero-order valence-corrected chi connectivity index (χ0v) is 15.0. The molecule has 0 atom stereocenters. The number of carboxylic acid groups (broad SMARTS) is 2. The van der Waals surface area contributed by atoms with Crippen molar-refractivity contribution in [2.45, 2.75) is 65.2 Å². The summed E-state index contributed by atoms with van der Waals surface area (Å²) >= 11 is 0. The third-order valence-corrected chi connectivity index (χ3v) is 4.45. The SMILES string of the molecule is CC1(C(=O)O)CCCC1.CC1(C(=O)O)CCCC1.[Zn]. The molecule has 2 aliphatic carbocycles. The van der Waals surface area contributed by atoms with Gasteiger partial charge in [0.1, 0.15) is 0 Å². The van der Waals surface area contributed by atoms with E-state index in [0.29, 0.717) is 0 Å². The molecule has 0 saturated heterocycles. The molecule has 0 aliphatic heterocycles. The van der Waals surface area contributed by atoms with Gasteiger partial charge in [0.15, 0.2) is 0 Å². The molecule has 0 radical (unpaired) electrons. The summed E-state index contributed by atoms with van der Waals surface area (Å²) in [5.41, 5.74) is -0.778. The van der Waals surface area contributed by atoms with Crippen molar-refractivity contribution in [2.75, 3.05) is 0 Å². The monoisotopic (exact) mass is 320 g/mol. The molecule has 19 heavy (non-hydrogen) atoms. The normalized spacial score (nSPS) is 22.8. The van der Waals surface area contributed by atoms with E-state index in [2.05, 4.69) is 0 Å². The summed E-state index contributed by atoms with van der Waals surface area (Å²) < 4.78 is 0. The van der Waals surface area contributed by atoms with Crippen LogP contribution in [-0.4, -0.2) is 22.2 Å². The molecule has 0 heterocycles. The fourth-order valence-electron chi connectivity index (χ4n) is 2.74. The zero-order chi connectivity index (χ0) is 13.8. The van der Waals surface area contributed by atoms with Gasteiger partial charge in [-0.25, -0.2) is 0 Å². The van der Waals surface area contributed by atoms with Gasteiger partial charge in [0.25, 0.3) is 0 Å². The van der Waals surface area contributed by atoms with Gasteiger partial charge in [-0.2, -0.15) is 0 Å². The first-order valence-corrected chi connectivity index (χ1v) is 6.77. The summed E-state index contributed by atoms with van der Waals surface area (Å²) in [7, 11) is 0. The third kappa shape index (κ3) is 4.87. The summed E-state index contributed by atoms with van der Waals surface area (Å²) in [6, 6.07) is 0. The maximum Gasteiger partial charge on any atom is 0.309 e. The average molecular weight is 322 g/mol. The summed E-state index contributed by atoms with van der Waals surface area (Å²) in [6.45, 7) is 3.67. The van der Waals surface area contributed by atoms with E-state index < -0.39 is 11.9 Å². The van der Waals surface area contributed by atoms with Crippen LogP contribution in [0, 0.1) is 10.8 Å². The average Bonchev–Trinajstić information content (AvgIpc) is 2.90. The summed E-state index contributed by atoms with van der Waals surface area (Å²) in [5, 5.41) is 17.3. The summed E-state index contributed by atoms with van der Waals surface area (Å²) in [5.74, 6) is -1.25. The molecule has 2 fully saturated rings. The Morgan fingerprint density at radius 1 is 0.737 bits per heavy atom. The molecule has 2 saturated carbocycles. The van der Waals surface area contributed by atoms with Crippen molar-refractivity contribution >= 4 is 11.9 Å². The molecular weight excluding hydrogens is 298 g/mol. The second-order valence-corrected chi connectivity index (χ2v) is 6.15. The fourth-order valence-corrected chi connectivity index (χ4v) is 2.74. The van der Waals surface area contributed by atoms with Crippen LogP contribution in [0.4, 0.5) is 0 Å². The van der Waals surface area contributed by atoms with Crippen molar-refractivity contribution in [1.29, 1.82) is 0 Å². The second-order valence-electron chi connectivity index (χ2n) is 6.15. The van der Waals surface area contributed by atoms with Gasteiger partial charge in [-0.05, 0) is 39.5 Å². The van der Waals surface area contributed by atoms with Crippen molar-refractivity contribution in [3.8, 4) is 0 Å². The molecule has 4 nitrogen and oxygen atoms in total. The third-order valence-electron chi connectivity index (χ3n) is 4.45. The molecule has 2 rings (SSSR count). The Morgan fingerprint density at radius 3 is 1.05 bits per heavy atom. The predicted octanol–water partition coefficient (Wildman–Crippen LogP) is 3.30. The second kappa shape index (κ2) is 7.37. The van der Waals surface area contributed by atoms with Gasteiger partial charge in [-0.3, -0.25) is 9.59 Å². The van der Waals surface area contributed by atoms with Gasteiger partial charge in [0.05, 0.1) is 10.8 Å². The van der Waals surface area contributed by atoms with E-state index in [9.17, 15) is 9.59 Å². The molecular formula is C14H24O4Zn. The van der Waals surface area contributed by atoms with Crippen molar-refractivity contribution in [3.63, 3.8) is 0 Å². The van der Waals surface area contributed by atoms with Crippen LogP contribution in [0.3, 0.4) is 0 Å². The number of rotatable bonds is 2. The summed E-state index contributed by atoms with van der Waals surface area (Å²) in [6.07, 6.45) is 7.80. The molecule has 0 aromatic heterocycles. The van der Waals surface area contributed by atoms with Crippen LogP contribution in [0.5, 0.6) is 0 Å². The van der Waals surface area contributed by atoms with Crippen LogP contribution >= 0.6 is 0 Å². The minimum atomic E-state index is -0.625. The van der Waals surface area contributed by atoms with Crippen LogP contribution in [0.2, 0.25) is 0 Å². The standard InChI is InChI=1S/2C7H12O2.Zn/c2*1-7(6(8)9)4-2-3-5-7;/h2*2-5H2,1H3,(H,8,9);. The molecule has 2 aliphatic rings. The first-order chi connectivity index (χ1) is 8.30. The van der Waals surface area contributed by atoms with Gasteiger partial charge < -0.3 is 10.2 Å². The first-order valence-electron chi connectivity index (χ1n) is 6.77. The fraction of sp³-hybridized carbons (Fsp3) is 0.857. The smallest absolute Gasteiger partial charge is 0.309 e. The molecule has 106 valence electrons. The number of carbonyl (C=O) groups is 2. The molecule has 0 amide bonds. The molecule has 0 spiro atoms. The van der Waals surface area contributed by atoms with Crippen LogP contribution in [0.25, 0.3) is 0 Å². The van der Waals surface area contributed by atoms with Crippen molar-refractivity contribution in [2.24, 2.45) is 10.8 Å². The Bertz CT molecular complexity index is 283. The van der Waals surface area contributed by atoms with E-state index in [1.807, 2.05) is 13.8 Å². The number of aliphatic carboxylic acids is 2. The Balaban J connectivity index is 0.000000324. The minimum Gasteiger partial charge on any atom is -0.481 e. The number of carboxylic acids is 2. The molecule has 0 unspecified atom stereocenters. The maximum atomic E-state index is 10.5. The quantitative estimate of drug-likeness (QED) is 0.765. The first kappa shape index (κ1) is 18.6. The van der Waals surface area contributed by atoms with Gasteiger partial charge in [0.2, 0.25) is 0 Å². The van der Waals surface area contributed by atoms with Crippen molar-refractivity contribution < 1.29 is 39.3 Å². The molecule has 0 bridgehead atoms. The number of hydrogen-bond acceptors (Lipinski definition) is 2. The van der Waals surface area contributed by atoms with Gasteiger partial charge in [0, 0.05) is 19.5 Å². The van der Waals surface area contributed by atoms with Gasteiger partial charge in [-0.15, -0.1) is 0 Å². The molecule has 0 aromatic rings. The Morgan fingerprint density at radius 2 is 0.947 bits per heavy atom. The molecule has 5 heteroatoms. The van der Waals surface area contributed by atoms with Crippen molar-refractivity contribution in [1.82, 2.24) is 0 Å². The Kier molecular flexibility index (Phi) is 7.20. The maximum absolute atomic E-state index is 10.5. The van der Waals surface area contributed by atoms with E-state index in [4.69, 9.17) is 10.2 Å². The summed E-state index contributed by atoms with van der Waals surface area (Å²) in [4.78, 5) is 21.0. The van der Waals surface area contributed by atoms with Gasteiger partial charge >= 0.3 is 11.9 Å². The largest absolute Gasteiger partial charge is 0.481 e. The van der Waals surface area contributed by atoms with Crippen LogP contribution in [-0.2, 0) is 29.1 Å². The van der Waals surface area contributed by atoms with E-state index >= 15 is 0 Å². The van der Waals surface area contributed by atoms with Crippen LogP contribution in [0.1, 0.15) is 65.2 Å². The Hall–Kier alpha value is -0.437. The molecule has 0 aromatic carbocycles. The van der Waals surface area contributed by atoms with E-state index in [1.165, 1.54) is 0 Å². The van der Waals surface area contributed by atoms with Crippen molar-refractivity contribution in [3.05, 3.63) is 0 Å². The Labute approximate surface area is 127 Å². The van der Waals surface area contributed by atoms with Crippen LogP contribution in [0.15, 0.2) is 0 Å². The van der Waals surface area contributed by atoms with E-state index in [0.717, 1.165) is 51.4 Å². The number of hydrogen-bond donors (Lipinski definition) is 2. The minimum absolute atomic E-state index is 0. The van der Waals surface area contributed by atoms with Crippen LogP contribution < -0.4 is 0 Å². The van der Waals surface area contributed by atoms with E-state index in [1.54, 1.807) is 0 Å². The van der Waals surface area contributed by atoms with E-state index in [-0.39, 0.29) is 30.3 Å². The topological polar surface area (TPSA) is 74.6 Å². The zero-order valence-electron chi connectivity index (χ0n) is 12.1. The predicted molar refractivity (Wildman–Crippen MR) is 68.4 cm³/mol.